The van der Waals surface area contributed by atoms with E-state index < -0.39 is 0 Å². The highest BCUT2D eigenvalue weighted by atomic mass is 32.1. The SMILES string of the molecule is [S-]N1C=CC=NC1. The van der Waals surface area contributed by atoms with E-state index in [9.17, 15) is 0 Å². The summed E-state index contributed by atoms with van der Waals surface area (Å²) >= 11 is 4.72. The molecule has 3 heteroatoms. The maximum absolute atomic E-state index is 4.72. The summed E-state index contributed by atoms with van der Waals surface area (Å²) in [6.07, 6.45) is 5.36. The smallest absolute Gasteiger partial charge is 0.0886 e. The first-order valence-electron chi connectivity index (χ1n) is 2.00. The van der Waals surface area contributed by atoms with Crippen LogP contribution in [0.3, 0.4) is 0 Å². The van der Waals surface area contributed by atoms with Crippen LogP contribution in [0, 0.1) is 0 Å². The predicted octanol–water partition coefficient (Wildman–Crippen LogP) is 0.306. The maximum atomic E-state index is 4.72. The van der Waals surface area contributed by atoms with Gasteiger partial charge in [-0.2, -0.15) is 0 Å². The number of nitrogens with zero attached hydrogens (tertiary/aromatic N) is 2. The van der Waals surface area contributed by atoms with Crippen molar-refractivity contribution in [2.45, 2.75) is 0 Å². The topological polar surface area (TPSA) is 15.6 Å². The zero-order valence-electron chi connectivity index (χ0n) is 3.74. The van der Waals surface area contributed by atoms with Crippen LogP contribution in [0.15, 0.2) is 17.3 Å². The fraction of sp³-hybridized carbons (Fsp3) is 0.250. The van der Waals surface area contributed by atoms with Gasteiger partial charge in [0.25, 0.3) is 0 Å². The van der Waals surface area contributed by atoms with Crippen LogP contribution in [-0.4, -0.2) is 17.2 Å². The molecule has 0 radical (unpaired) electrons. The fourth-order valence-corrected chi connectivity index (χ4v) is 0.507. The second-order valence-electron chi connectivity index (χ2n) is 1.23. The van der Waals surface area contributed by atoms with Crippen LogP contribution in [0.5, 0.6) is 0 Å². The van der Waals surface area contributed by atoms with E-state index in [1.54, 1.807) is 10.5 Å². The van der Waals surface area contributed by atoms with Crippen LogP contribution < -0.4 is 0 Å². The lowest BCUT2D eigenvalue weighted by Crippen LogP contribution is -2.10. The predicted molar refractivity (Wildman–Crippen MR) is 31.7 cm³/mol. The monoisotopic (exact) mass is 113 g/mol. The molecule has 0 aromatic carbocycles. The Balaban J connectivity index is 2.49. The van der Waals surface area contributed by atoms with E-state index in [2.05, 4.69) is 4.99 Å². The van der Waals surface area contributed by atoms with Gasteiger partial charge in [0.1, 0.15) is 0 Å². The van der Waals surface area contributed by atoms with Crippen molar-refractivity contribution >= 4 is 19.0 Å². The number of hydrogen-bond donors (Lipinski definition) is 0. The van der Waals surface area contributed by atoms with Crippen molar-refractivity contribution in [3.05, 3.63) is 12.3 Å². The van der Waals surface area contributed by atoms with Gasteiger partial charge in [-0.1, -0.05) is 0 Å². The van der Waals surface area contributed by atoms with Crippen molar-refractivity contribution in [3.63, 3.8) is 0 Å². The molecule has 0 N–H and O–H groups in total. The molecule has 7 heavy (non-hydrogen) atoms. The molecule has 0 saturated heterocycles. The molecule has 0 atom stereocenters. The Hall–Kier alpha value is -0.440. The van der Waals surface area contributed by atoms with Gasteiger partial charge in [-0.3, -0.25) is 4.99 Å². The van der Waals surface area contributed by atoms with E-state index in [-0.39, 0.29) is 0 Å². The van der Waals surface area contributed by atoms with Gasteiger partial charge in [-0.25, -0.2) is 0 Å². The maximum Gasteiger partial charge on any atom is 0.0886 e. The van der Waals surface area contributed by atoms with Crippen LogP contribution in [0.2, 0.25) is 0 Å². The Labute approximate surface area is 48.1 Å². The summed E-state index contributed by atoms with van der Waals surface area (Å²) in [7, 11) is 0. The zero-order valence-corrected chi connectivity index (χ0v) is 4.56. The lowest BCUT2D eigenvalue weighted by atomic mass is 10.6. The molecule has 1 heterocycles. The van der Waals surface area contributed by atoms with Gasteiger partial charge in [0, 0.05) is 6.21 Å². The third-order valence-electron chi connectivity index (χ3n) is 0.665. The molecule has 0 spiro atoms. The van der Waals surface area contributed by atoms with E-state index in [0.29, 0.717) is 6.67 Å². The first-order chi connectivity index (χ1) is 3.39. The molecule has 2 nitrogen and oxygen atoms in total. The van der Waals surface area contributed by atoms with E-state index in [4.69, 9.17) is 12.8 Å². The lowest BCUT2D eigenvalue weighted by Gasteiger charge is -2.25. The molecule has 1 aliphatic heterocycles. The van der Waals surface area contributed by atoms with Crippen LogP contribution >= 0.6 is 0 Å². The van der Waals surface area contributed by atoms with Crippen molar-refractivity contribution in [1.82, 2.24) is 4.31 Å². The number of hydrogen-bond acceptors (Lipinski definition) is 3. The minimum atomic E-state index is 0.617. The van der Waals surface area contributed by atoms with Gasteiger partial charge in [0.2, 0.25) is 0 Å². The van der Waals surface area contributed by atoms with Crippen molar-refractivity contribution < 1.29 is 0 Å². The molecule has 1 aliphatic rings. The number of aliphatic imine (C=N–C) groups is 1. The standard InChI is InChI=1S/C4H5N2S/c7-6-3-1-2-5-4-6/h1-3H,4H2/q-1. The quantitative estimate of drug-likeness (QED) is 0.420. The highest BCUT2D eigenvalue weighted by molar-refractivity contribution is 7.56. The van der Waals surface area contributed by atoms with E-state index in [1.807, 2.05) is 12.3 Å². The molecule has 0 bridgehead atoms. The second kappa shape index (κ2) is 2.02. The lowest BCUT2D eigenvalue weighted by molar-refractivity contribution is 0.642. The summed E-state index contributed by atoms with van der Waals surface area (Å²) in [6.45, 7) is 0.617. The first kappa shape index (κ1) is 4.71. The average Bonchev–Trinajstić information content (AvgIpc) is 1.69. The number of allylic oxidation sites excluding steroid dienone is 1. The second-order valence-corrected chi connectivity index (χ2v) is 1.70. The van der Waals surface area contributed by atoms with Gasteiger partial charge in [-0.15, -0.1) is 0 Å². The molecule has 38 valence electrons. The largest absolute Gasteiger partial charge is 0.666 e. The van der Waals surface area contributed by atoms with E-state index in [0.717, 1.165) is 0 Å². The Bertz CT molecular complexity index is 108. The summed E-state index contributed by atoms with van der Waals surface area (Å²) in [5, 5.41) is 0. The molecule has 0 unspecified atom stereocenters. The minimum Gasteiger partial charge on any atom is -0.666 e. The summed E-state index contributed by atoms with van der Waals surface area (Å²) in [5.41, 5.74) is 0. The average molecular weight is 113 g/mol. The molecule has 0 aliphatic carbocycles. The van der Waals surface area contributed by atoms with E-state index in [1.165, 1.54) is 0 Å². The molecular formula is C4H5N2S-. The molecular weight excluding hydrogens is 108 g/mol. The van der Waals surface area contributed by atoms with Crippen LogP contribution in [0.4, 0.5) is 0 Å². The molecule has 0 aromatic heterocycles. The van der Waals surface area contributed by atoms with Crippen molar-refractivity contribution in [3.8, 4) is 0 Å². The Morgan fingerprint density at radius 3 is 2.86 bits per heavy atom. The third kappa shape index (κ3) is 1.23. The van der Waals surface area contributed by atoms with Gasteiger partial charge < -0.3 is 17.1 Å². The normalized spacial score (nSPS) is 18.1. The zero-order chi connectivity index (χ0) is 5.11. The first-order valence-corrected chi connectivity index (χ1v) is 2.36. The highest BCUT2D eigenvalue weighted by Crippen LogP contribution is 1.88. The van der Waals surface area contributed by atoms with Gasteiger partial charge >= 0.3 is 0 Å². The van der Waals surface area contributed by atoms with Crippen LogP contribution in [0.1, 0.15) is 0 Å². The van der Waals surface area contributed by atoms with Crippen molar-refractivity contribution in [1.29, 1.82) is 0 Å². The van der Waals surface area contributed by atoms with Gasteiger partial charge in [0.05, 0.1) is 6.67 Å². The molecule has 0 fully saturated rings. The molecule has 0 aromatic rings. The Morgan fingerprint density at radius 1 is 1.71 bits per heavy atom. The molecule has 1 rings (SSSR count). The van der Waals surface area contributed by atoms with Gasteiger partial charge in [0.15, 0.2) is 0 Å². The van der Waals surface area contributed by atoms with E-state index >= 15 is 0 Å². The van der Waals surface area contributed by atoms with Gasteiger partial charge in [-0.05, 0) is 12.3 Å². The third-order valence-corrected chi connectivity index (χ3v) is 0.902. The summed E-state index contributed by atoms with van der Waals surface area (Å²) in [5.74, 6) is 0. The highest BCUT2D eigenvalue weighted by Gasteiger charge is 1.78. The fourth-order valence-electron chi connectivity index (χ4n) is 0.370. The molecule has 0 saturated carbocycles. The van der Waals surface area contributed by atoms with Crippen LogP contribution in [0.25, 0.3) is 0 Å². The van der Waals surface area contributed by atoms with Crippen LogP contribution in [-0.2, 0) is 12.8 Å². The summed E-state index contributed by atoms with van der Waals surface area (Å²) < 4.78 is 1.60. The Morgan fingerprint density at radius 2 is 2.57 bits per heavy atom. The summed E-state index contributed by atoms with van der Waals surface area (Å²) in [6, 6.07) is 0. The molecule has 0 amide bonds. The van der Waals surface area contributed by atoms with Crippen molar-refractivity contribution in [2.24, 2.45) is 4.99 Å². The van der Waals surface area contributed by atoms with Crippen molar-refractivity contribution in [2.75, 3.05) is 6.67 Å². The Kier molecular flexibility index (Phi) is 1.36. The number of rotatable bonds is 0. The minimum absolute atomic E-state index is 0.617. The summed E-state index contributed by atoms with van der Waals surface area (Å²) in [4.78, 5) is 3.87.